The van der Waals surface area contributed by atoms with Crippen LogP contribution in [0.5, 0.6) is 0 Å². The molecule has 1 heterocycles. The number of carbonyl (C=O) groups excluding carboxylic acids is 1. The number of nitrogens with zero attached hydrogens (tertiary/aromatic N) is 2. The molecule has 0 aromatic heterocycles. The lowest BCUT2D eigenvalue weighted by Gasteiger charge is -2.38. The van der Waals surface area contributed by atoms with Crippen molar-refractivity contribution in [3.8, 4) is 0 Å². The summed E-state index contributed by atoms with van der Waals surface area (Å²) in [6, 6.07) is 15.2. The van der Waals surface area contributed by atoms with Gasteiger partial charge in [0.15, 0.2) is 0 Å². The molecule has 1 aliphatic heterocycles. The Bertz CT molecular complexity index is 888. The van der Waals surface area contributed by atoms with E-state index in [-0.39, 0.29) is 23.4 Å². The van der Waals surface area contributed by atoms with Crippen molar-refractivity contribution in [1.29, 1.82) is 0 Å². The average Bonchev–Trinajstić information content (AvgIpc) is 2.62. The van der Waals surface area contributed by atoms with Crippen molar-refractivity contribution in [2.45, 2.75) is 17.9 Å². The van der Waals surface area contributed by atoms with Crippen LogP contribution in [0.2, 0.25) is 5.02 Å². The zero-order valence-electron chi connectivity index (χ0n) is 15.0. The number of hydrogen-bond acceptors (Lipinski definition) is 4. The van der Waals surface area contributed by atoms with Crippen LogP contribution in [-0.2, 0) is 14.8 Å². The Hall–Kier alpha value is -1.93. The minimum atomic E-state index is -3.58. The van der Waals surface area contributed by atoms with E-state index < -0.39 is 10.0 Å². The fourth-order valence-corrected chi connectivity index (χ4v) is 4.92. The molecular weight excluding hydrogens is 386 g/mol. The van der Waals surface area contributed by atoms with Crippen LogP contribution in [0.4, 0.5) is 5.69 Å². The molecule has 8 heteroatoms. The van der Waals surface area contributed by atoms with Gasteiger partial charge in [-0.15, -0.1) is 0 Å². The molecule has 1 N–H and O–H groups in total. The zero-order valence-corrected chi connectivity index (χ0v) is 16.6. The predicted octanol–water partition coefficient (Wildman–Crippen LogP) is 2.67. The van der Waals surface area contributed by atoms with E-state index in [4.69, 9.17) is 11.6 Å². The number of piperazine rings is 1. The molecule has 3 rings (SSSR count). The Labute approximate surface area is 164 Å². The summed E-state index contributed by atoms with van der Waals surface area (Å²) < 4.78 is 27.2. The third-order valence-electron chi connectivity index (χ3n) is 4.50. The van der Waals surface area contributed by atoms with Crippen LogP contribution in [0.1, 0.15) is 6.92 Å². The molecule has 0 unspecified atom stereocenters. The van der Waals surface area contributed by atoms with E-state index in [1.807, 2.05) is 42.2 Å². The summed E-state index contributed by atoms with van der Waals surface area (Å²) in [5.41, 5.74) is 0.750. The molecule has 2 aromatic carbocycles. The van der Waals surface area contributed by atoms with Gasteiger partial charge in [-0.2, -0.15) is 4.31 Å². The van der Waals surface area contributed by atoms with Gasteiger partial charge in [-0.1, -0.05) is 29.8 Å². The molecule has 0 aliphatic carbocycles. The van der Waals surface area contributed by atoms with Crippen LogP contribution < -0.4 is 5.32 Å². The zero-order chi connectivity index (χ0) is 19.4. The highest BCUT2D eigenvalue weighted by atomic mass is 35.5. The smallest absolute Gasteiger partial charge is 0.243 e. The number of halogens is 1. The van der Waals surface area contributed by atoms with Gasteiger partial charge in [0.1, 0.15) is 0 Å². The van der Waals surface area contributed by atoms with Crippen molar-refractivity contribution in [3.63, 3.8) is 0 Å². The number of carbonyl (C=O) groups is 1. The van der Waals surface area contributed by atoms with Crippen LogP contribution in [-0.4, -0.2) is 55.8 Å². The first kappa shape index (κ1) is 19.8. The van der Waals surface area contributed by atoms with E-state index >= 15 is 0 Å². The van der Waals surface area contributed by atoms with E-state index in [0.29, 0.717) is 24.7 Å². The van der Waals surface area contributed by atoms with Gasteiger partial charge in [0.05, 0.1) is 11.4 Å². The molecule has 0 saturated carbocycles. The first-order valence-corrected chi connectivity index (χ1v) is 10.5. The van der Waals surface area contributed by atoms with E-state index in [0.717, 1.165) is 5.69 Å². The average molecular weight is 408 g/mol. The molecular formula is C19H22ClN3O3S. The summed E-state index contributed by atoms with van der Waals surface area (Å²) >= 11 is 5.85. The lowest BCUT2D eigenvalue weighted by molar-refractivity contribution is -0.117. The van der Waals surface area contributed by atoms with E-state index in [1.54, 1.807) is 12.1 Å². The quantitative estimate of drug-likeness (QED) is 0.827. The van der Waals surface area contributed by atoms with Gasteiger partial charge in [0.2, 0.25) is 15.9 Å². The van der Waals surface area contributed by atoms with Crippen LogP contribution in [0, 0.1) is 0 Å². The number of sulfonamides is 1. The molecule has 1 saturated heterocycles. The van der Waals surface area contributed by atoms with E-state index in [9.17, 15) is 13.2 Å². The van der Waals surface area contributed by atoms with Crippen molar-refractivity contribution >= 4 is 33.2 Å². The number of amides is 1. The van der Waals surface area contributed by atoms with E-state index in [1.165, 1.54) is 16.4 Å². The SMILES string of the molecule is C[C@H]1CN(CC(=O)Nc2ccccc2)CCN1S(=O)(=O)c1ccc(Cl)cc1. The molecule has 144 valence electrons. The Morgan fingerprint density at radius 3 is 2.41 bits per heavy atom. The number of rotatable bonds is 5. The highest BCUT2D eigenvalue weighted by Crippen LogP contribution is 2.22. The molecule has 1 aliphatic rings. The van der Waals surface area contributed by atoms with E-state index in [2.05, 4.69) is 5.32 Å². The largest absolute Gasteiger partial charge is 0.325 e. The maximum absolute atomic E-state index is 12.9. The molecule has 1 fully saturated rings. The molecule has 2 aromatic rings. The Morgan fingerprint density at radius 1 is 1.11 bits per heavy atom. The molecule has 0 spiro atoms. The van der Waals surface area contributed by atoms with Crippen LogP contribution in [0.3, 0.4) is 0 Å². The first-order chi connectivity index (χ1) is 12.9. The summed E-state index contributed by atoms with van der Waals surface area (Å²) in [4.78, 5) is 14.4. The second-order valence-corrected chi connectivity index (χ2v) is 8.90. The van der Waals surface area contributed by atoms with Gasteiger partial charge < -0.3 is 5.32 Å². The third kappa shape index (κ3) is 4.87. The molecule has 1 atom stereocenters. The number of hydrogen-bond donors (Lipinski definition) is 1. The molecule has 0 radical (unpaired) electrons. The van der Waals surface area contributed by atoms with Gasteiger partial charge in [-0.3, -0.25) is 9.69 Å². The van der Waals surface area contributed by atoms with Crippen molar-refractivity contribution in [2.75, 3.05) is 31.5 Å². The summed E-state index contributed by atoms with van der Waals surface area (Å²) in [5, 5.41) is 3.35. The van der Waals surface area contributed by atoms with Crippen LogP contribution in [0.25, 0.3) is 0 Å². The predicted molar refractivity (Wildman–Crippen MR) is 106 cm³/mol. The second kappa shape index (κ2) is 8.39. The minimum absolute atomic E-state index is 0.109. The van der Waals surface area contributed by atoms with Crippen molar-refractivity contribution in [2.24, 2.45) is 0 Å². The summed E-state index contributed by atoms with van der Waals surface area (Å²) in [5.74, 6) is -0.109. The number of para-hydroxylation sites is 1. The second-order valence-electron chi connectivity index (χ2n) is 6.57. The van der Waals surface area contributed by atoms with Crippen LogP contribution in [0.15, 0.2) is 59.5 Å². The van der Waals surface area contributed by atoms with Gasteiger partial charge in [0, 0.05) is 36.4 Å². The number of anilines is 1. The Morgan fingerprint density at radius 2 is 1.78 bits per heavy atom. The Balaban J connectivity index is 1.60. The maximum atomic E-state index is 12.9. The lowest BCUT2D eigenvalue weighted by Crippen LogP contribution is -2.55. The highest BCUT2D eigenvalue weighted by Gasteiger charge is 2.34. The van der Waals surface area contributed by atoms with Crippen molar-refractivity contribution in [3.05, 3.63) is 59.6 Å². The molecule has 6 nitrogen and oxygen atoms in total. The normalized spacial score (nSPS) is 19.0. The fourth-order valence-electron chi connectivity index (χ4n) is 3.18. The van der Waals surface area contributed by atoms with Gasteiger partial charge in [-0.25, -0.2) is 8.42 Å². The number of nitrogens with one attached hydrogen (secondary N) is 1. The monoisotopic (exact) mass is 407 g/mol. The van der Waals surface area contributed by atoms with Crippen molar-refractivity contribution < 1.29 is 13.2 Å². The topological polar surface area (TPSA) is 69.7 Å². The maximum Gasteiger partial charge on any atom is 0.243 e. The van der Waals surface area contributed by atoms with Gasteiger partial charge in [0.25, 0.3) is 0 Å². The third-order valence-corrected chi connectivity index (χ3v) is 6.78. The van der Waals surface area contributed by atoms with Crippen molar-refractivity contribution in [1.82, 2.24) is 9.21 Å². The summed E-state index contributed by atoms with van der Waals surface area (Å²) in [7, 11) is -3.58. The lowest BCUT2D eigenvalue weighted by atomic mass is 10.2. The highest BCUT2D eigenvalue weighted by molar-refractivity contribution is 7.89. The number of benzene rings is 2. The summed E-state index contributed by atoms with van der Waals surface area (Å²) in [6.07, 6.45) is 0. The molecule has 0 bridgehead atoms. The standard InChI is InChI=1S/C19H22ClN3O3S/c1-15-13-22(14-19(24)21-17-5-3-2-4-6-17)11-12-23(15)27(25,26)18-9-7-16(20)8-10-18/h2-10,15H,11-14H2,1H3,(H,21,24)/t15-/m0/s1. The minimum Gasteiger partial charge on any atom is -0.325 e. The first-order valence-electron chi connectivity index (χ1n) is 8.71. The summed E-state index contributed by atoms with van der Waals surface area (Å²) in [6.45, 7) is 3.42. The van der Waals surface area contributed by atoms with Gasteiger partial charge >= 0.3 is 0 Å². The Kier molecular flexibility index (Phi) is 6.16. The fraction of sp³-hybridized carbons (Fsp3) is 0.316. The van der Waals surface area contributed by atoms with Crippen LogP contribution >= 0.6 is 11.6 Å². The molecule has 1 amide bonds. The van der Waals surface area contributed by atoms with Gasteiger partial charge in [-0.05, 0) is 43.3 Å². The molecule has 27 heavy (non-hydrogen) atoms.